The highest BCUT2D eigenvalue weighted by Gasteiger charge is 2.39. The van der Waals surface area contributed by atoms with Crippen molar-refractivity contribution in [3.05, 3.63) is 181 Å². The van der Waals surface area contributed by atoms with E-state index in [1.54, 1.807) is 0 Å². The van der Waals surface area contributed by atoms with Crippen LogP contribution in [0.3, 0.4) is 0 Å². The molecule has 0 N–H and O–H groups in total. The van der Waals surface area contributed by atoms with Gasteiger partial charge in [-0.25, -0.2) is 0 Å². The molecule has 0 bridgehead atoms. The molecule has 0 fully saturated rings. The Kier molecular flexibility index (Phi) is 6.27. The fraction of sp³-hybridized carbons (Fsp3) is 0.0588. The molecule has 1 heteroatoms. The molecule has 244 valence electrons. The Bertz CT molecular complexity index is 3030. The number of rotatable bonds is 3. The number of thiophene rings is 1. The molecular formula is C51H34S. The molecule has 0 saturated heterocycles. The van der Waals surface area contributed by atoms with E-state index >= 15 is 0 Å². The highest BCUT2D eigenvalue weighted by molar-refractivity contribution is 7.26. The topological polar surface area (TPSA) is 0 Å². The van der Waals surface area contributed by atoms with Crippen LogP contribution in [0, 0.1) is 0 Å². The van der Waals surface area contributed by atoms with Crippen molar-refractivity contribution in [3.63, 3.8) is 0 Å². The Morgan fingerprint density at radius 3 is 1.60 bits per heavy atom. The molecule has 1 heterocycles. The van der Waals surface area contributed by atoms with Crippen LogP contribution in [-0.4, -0.2) is 0 Å². The standard InChI is InChI=1S/C51H34S/c1-51(2)44-21-11-9-15-36(44)42-30-43-37-16-10-12-22-45(37)52-50(43)48(49(42)51)33-26-24-32(25-27-33)46-38-17-5-7-19-40(38)47(41-20-8-6-18-39(41)46)35-28-23-31-13-3-4-14-34(31)29-35/h3-30H,1-2H3. The molecule has 9 aromatic carbocycles. The maximum atomic E-state index is 2.48. The summed E-state index contributed by atoms with van der Waals surface area (Å²) >= 11 is 1.93. The van der Waals surface area contributed by atoms with Crippen molar-refractivity contribution < 1.29 is 0 Å². The summed E-state index contributed by atoms with van der Waals surface area (Å²) in [5, 5.41) is 10.3. The molecule has 0 spiro atoms. The second kappa shape index (κ2) is 11.0. The number of hydrogen-bond acceptors (Lipinski definition) is 1. The second-order valence-electron chi connectivity index (χ2n) is 14.8. The highest BCUT2D eigenvalue weighted by Crippen LogP contribution is 2.56. The Labute approximate surface area is 307 Å². The van der Waals surface area contributed by atoms with Gasteiger partial charge in [0.15, 0.2) is 0 Å². The van der Waals surface area contributed by atoms with Crippen LogP contribution in [0.2, 0.25) is 0 Å². The summed E-state index contributed by atoms with van der Waals surface area (Å²) in [6.07, 6.45) is 0. The van der Waals surface area contributed by atoms with Crippen LogP contribution in [0.25, 0.3) is 97.0 Å². The predicted molar refractivity (Wildman–Crippen MR) is 226 cm³/mol. The first kappa shape index (κ1) is 29.7. The minimum absolute atomic E-state index is 0.116. The van der Waals surface area contributed by atoms with Gasteiger partial charge in [-0.2, -0.15) is 0 Å². The highest BCUT2D eigenvalue weighted by atomic mass is 32.1. The molecule has 0 radical (unpaired) electrons. The average molecular weight is 679 g/mol. The second-order valence-corrected chi connectivity index (χ2v) is 15.9. The normalized spacial score (nSPS) is 13.3. The predicted octanol–water partition coefficient (Wildman–Crippen LogP) is 14.8. The molecular weight excluding hydrogens is 645 g/mol. The summed E-state index contributed by atoms with van der Waals surface area (Å²) < 4.78 is 2.72. The minimum atomic E-state index is -0.116. The Morgan fingerprint density at radius 2 is 0.904 bits per heavy atom. The third kappa shape index (κ3) is 4.15. The van der Waals surface area contributed by atoms with Crippen LogP contribution in [0.4, 0.5) is 0 Å². The third-order valence-electron chi connectivity index (χ3n) is 11.6. The van der Waals surface area contributed by atoms with Gasteiger partial charge in [-0.15, -0.1) is 11.3 Å². The number of hydrogen-bond donors (Lipinski definition) is 0. The van der Waals surface area contributed by atoms with Crippen molar-refractivity contribution in [2.75, 3.05) is 0 Å². The Balaban J connectivity index is 1.15. The first-order chi connectivity index (χ1) is 25.6. The van der Waals surface area contributed by atoms with Gasteiger partial charge < -0.3 is 0 Å². The summed E-state index contributed by atoms with van der Waals surface area (Å²) in [6.45, 7) is 4.81. The molecule has 0 nitrogen and oxygen atoms in total. The van der Waals surface area contributed by atoms with E-state index in [2.05, 4.69) is 184 Å². The molecule has 0 atom stereocenters. The lowest BCUT2D eigenvalue weighted by atomic mass is 9.78. The molecule has 1 aliphatic rings. The Morgan fingerprint density at radius 1 is 0.385 bits per heavy atom. The zero-order valence-electron chi connectivity index (χ0n) is 29.1. The summed E-state index contributed by atoms with van der Waals surface area (Å²) in [5.41, 5.74) is 13.2. The van der Waals surface area contributed by atoms with Crippen LogP contribution in [0.15, 0.2) is 170 Å². The first-order valence-corrected chi connectivity index (χ1v) is 19.0. The van der Waals surface area contributed by atoms with E-state index in [1.807, 2.05) is 11.3 Å². The van der Waals surface area contributed by atoms with Gasteiger partial charge in [-0.1, -0.05) is 166 Å². The quantitative estimate of drug-likeness (QED) is 0.163. The number of benzene rings is 9. The van der Waals surface area contributed by atoms with Crippen molar-refractivity contribution in [3.8, 4) is 44.5 Å². The van der Waals surface area contributed by atoms with Crippen LogP contribution >= 0.6 is 11.3 Å². The zero-order valence-corrected chi connectivity index (χ0v) is 29.9. The van der Waals surface area contributed by atoms with E-state index in [4.69, 9.17) is 0 Å². The van der Waals surface area contributed by atoms with Gasteiger partial charge >= 0.3 is 0 Å². The molecule has 0 unspecified atom stereocenters. The van der Waals surface area contributed by atoms with Crippen molar-refractivity contribution in [1.29, 1.82) is 0 Å². The molecule has 11 rings (SSSR count). The van der Waals surface area contributed by atoms with E-state index in [0.717, 1.165) is 0 Å². The summed E-state index contributed by atoms with van der Waals surface area (Å²) in [7, 11) is 0. The SMILES string of the molecule is CC1(C)c2ccccc2-c2cc3c(sc4ccccc43)c(-c3ccc(-c4c5ccccc5c(-c5ccc6ccccc6c5)c5ccccc45)cc3)c21. The summed E-state index contributed by atoms with van der Waals surface area (Å²) in [6, 6.07) is 63.4. The van der Waals surface area contributed by atoms with Gasteiger partial charge in [0, 0.05) is 31.2 Å². The van der Waals surface area contributed by atoms with Gasteiger partial charge in [0.2, 0.25) is 0 Å². The zero-order chi connectivity index (χ0) is 34.6. The van der Waals surface area contributed by atoms with Gasteiger partial charge in [0.25, 0.3) is 0 Å². The van der Waals surface area contributed by atoms with Crippen molar-refractivity contribution in [2.45, 2.75) is 19.3 Å². The smallest absolute Gasteiger partial charge is 0.0437 e. The molecule has 1 aliphatic carbocycles. The lowest BCUT2D eigenvalue weighted by Gasteiger charge is -2.25. The summed E-state index contributed by atoms with van der Waals surface area (Å²) in [5.74, 6) is 0. The molecule has 10 aromatic rings. The average Bonchev–Trinajstić information content (AvgIpc) is 3.68. The fourth-order valence-corrected chi connectivity index (χ4v) is 10.5. The largest absolute Gasteiger partial charge is 0.135 e. The number of fused-ring (bicyclic) bond motifs is 9. The van der Waals surface area contributed by atoms with Crippen molar-refractivity contribution in [1.82, 2.24) is 0 Å². The maximum Gasteiger partial charge on any atom is 0.0437 e. The van der Waals surface area contributed by atoms with Crippen LogP contribution in [0.5, 0.6) is 0 Å². The van der Waals surface area contributed by atoms with E-state index in [1.165, 1.54) is 108 Å². The van der Waals surface area contributed by atoms with E-state index in [9.17, 15) is 0 Å². The minimum Gasteiger partial charge on any atom is -0.135 e. The summed E-state index contributed by atoms with van der Waals surface area (Å²) in [4.78, 5) is 0. The van der Waals surface area contributed by atoms with Crippen LogP contribution in [0.1, 0.15) is 25.0 Å². The van der Waals surface area contributed by atoms with Gasteiger partial charge in [-0.05, 0) is 101 Å². The molecule has 52 heavy (non-hydrogen) atoms. The molecule has 0 aliphatic heterocycles. The van der Waals surface area contributed by atoms with Gasteiger partial charge in [0.1, 0.15) is 0 Å². The molecule has 0 saturated carbocycles. The van der Waals surface area contributed by atoms with Crippen LogP contribution in [-0.2, 0) is 5.41 Å². The first-order valence-electron chi connectivity index (χ1n) is 18.2. The fourth-order valence-electron chi connectivity index (χ4n) is 9.29. The van der Waals surface area contributed by atoms with Crippen LogP contribution < -0.4 is 0 Å². The van der Waals surface area contributed by atoms with Gasteiger partial charge in [-0.3, -0.25) is 0 Å². The lowest BCUT2D eigenvalue weighted by molar-refractivity contribution is 0.663. The van der Waals surface area contributed by atoms with Crippen molar-refractivity contribution in [2.24, 2.45) is 0 Å². The molecule has 0 amide bonds. The lowest BCUT2D eigenvalue weighted by Crippen LogP contribution is -2.16. The van der Waals surface area contributed by atoms with E-state index < -0.39 is 0 Å². The van der Waals surface area contributed by atoms with E-state index in [0.29, 0.717) is 0 Å². The van der Waals surface area contributed by atoms with Crippen molar-refractivity contribution >= 4 is 63.8 Å². The maximum absolute atomic E-state index is 2.48. The molecule has 1 aromatic heterocycles. The third-order valence-corrected chi connectivity index (χ3v) is 12.8. The monoisotopic (exact) mass is 678 g/mol. The van der Waals surface area contributed by atoms with Gasteiger partial charge in [0.05, 0.1) is 0 Å². The Hall–Kier alpha value is -6.02. The van der Waals surface area contributed by atoms with E-state index in [-0.39, 0.29) is 5.41 Å².